The van der Waals surface area contributed by atoms with E-state index in [1.165, 1.54) is 4.90 Å². The molecule has 0 atom stereocenters. The minimum absolute atomic E-state index is 0.104. The van der Waals surface area contributed by atoms with Gasteiger partial charge in [0.05, 0.1) is 0 Å². The molecule has 2 aliphatic heterocycles. The highest BCUT2D eigenvalue weighted by atomic mass is 35.5. The molecule has 0 fully saturated rings. The molecule has 0 radical (unpaired) electrons. The predicted octanol–water partition coefficient (Wildman–Crippen LogP) is 4.24. The number of aromatic nitrogens is 1. The molecule has 2 amide bonds. The molecule has 1 aromatic heterocycles. The minimum Gasteiger partial charge on any atom is -0.480 e. The van der Waals surface area contributed by atoms with Crippen LogP contribution in [0.2, 0.25) is 10.0 Å². The molecule has 9 heteroatoms. The maximum Gasteiger partial charge on any atom is 0.266 e. The highest BCUT2D eigenvalue weighted by Crippen LogP contribution is 2.35. The summed E-state index contributed by atoms with van der Waals surface area (Å²) in [7, 11) is 0. The van der Waals surface area contributed by atoms with Gasteiger partial charge in [0.2, 0.25) is 5.91 Å². The van der Waals surface area contributed by atoms with Crippen LogP contribution < -0.4 is 15.0 Å². The third-order valence-corrected chi connectivity index (χ3v) is 6.09. The van der Waals surface area contributed by atoms with Crippen molar-refractivity contribution >= 4 is 46.5 Å². The van der Waals surface area contributed by atoms with Crippen LogP contribution in [0.5, 0.6) is 5.75 Å². The third kappa shape index (κ3) is 4.47. The highest BCUT2D eigenvalue weighted by Gasteiger charge is 2.31. The topological polar surface area (TPSA) is 74.8 Å². The number of hydrogen-bond acceptors (Lipinski definition) is 5. The first-order chi connectivity index (χ1) is 16.0. The maximum absolute atomic E-state index is 13.2. The number of fused-ring (bicyclic) bond motifs is 2. The van der Waals surface area contributed by atoms with Crippen LogP contribution in [-0.2, 0) is 16.1 Å². The van der Waals surface area contributed by atoms with Gasteiger partial charge in [-0.3, -0.25) is 14.5 Å². The zero-order chi connectivity index (χ0) is 22.9. The van der Waals surface area contributed by atoms with Gasteiger partial charge in [0.25, 0.3) is 5.91 Å². The number of pyridine rings is 1. The summed E-state index contributed by atoms with van der Waals surface area (Å²) in [5, 5.41) is 4.36. The first-order valence-electron chi connectivity index (χ1n) is 10.5. The summed E-state index contributed by atoms with van der Waals surface area (Å²) >= 11 is 12.2. The predicted molar refractivity (Wildman–Crippen MR) is 128 cm³/mol. The lowest BCUT2D eigenvalue weighted by molar-refractivity contribution is -0.132. The van der Waals surface area contributed by atoms with Crippen molar-refractivity contribution < 1.29 is 14.3 Å². The molecule has 3 heterocycles. The first kappa shape index (κ1) is 21.6. The van der Waals surface area contributed by atoms with Gasteiger partial charge in [-0.1, -0.05) is 41.4 Å². The van der Waals surface area contributed by atoms with Crippen molar-refractivity contribution in [2.24, 2.45) is 0 Å². The van der Waals surface area contributed by atoms with Crippen LogP contribution in [0.4, 0.5) is 11.5 Å². The lowest BCUT2D eigenvalue weighted by Gasteiger charge is -2.30. The quantitative estimate of drug-likeness (QED) is 0.604. The molecule has 0 saturated heterocycles. The molecule has 2 aliphatic rings. The van der Waals surface area contributed by atoms with Crippen LogP contribution in [-0.4, -0.2) is 47.9 Å². The Labute approximate surface area is 200 Å². The number of halogens is 2. The lowest BCUT2D eigenvalue weighted by Crippen LogP contribution is -2.47. The van der Waals surface area contributed by atoms with E-state index in [0.29, 0.717) is 41.2 Å². The molecule has 7 nitrogen and oxygen atoms in total. The normalized spacial score (nSPS) is 15.2. The standard InChI is InChI=1S/C24H20Cl2N4O3/c25-18-7-16(8-19(26)10-18)17-9-21-24(28-11-17)30(23(32)14-33-21)13-22(31)29-6-5-27-20-4-2-1-3-15(20)12-29/h1-4,7-11,27H,5-6,12-14H2. The Morgan fingerprint density at radius 3 is 2.70 bits per heavy atom. The Hall–Kier alpha value is -3.29. The van der Waals surface area contributed by atoms with E-state index in [1.54, 1.807) is 35.4 Å². The van der Waals surface area contributed by atoms with Crippen molar-refractivity contribution in [1.29, 1.82) is 0 Å². The molecule has 0 bridgehead atoms. The highest BCUT2D eigenvalue weighted by molar-refractivity contribution is 6.35. The molecule has 1 N–H and O–H groups in total. The zero-order valence-electron chi connectivity index (χ0n) is 17.6. The number of hydrogen-bond donors (Lipinski definition) is 1. The fraction of sp³-hybridized carbons (Fsp3) is 0.208. The zero-order valence-corrected chi connectivity index (χ0v) is 19.1. The average molecular weight is 483 g/mol. The second-order valence-corrected chi connectivity index (χ2v) is 8.74. The monoisotopic (exact) mass is 482 g/mol. The minimum atomic E-state index is -0.310. The van der Waals surface area contributed by atoms with E-state index >= 15 is 0 Å². The van der Waals surface area contributed by atoms with Gasteiger partial charge in [-0.15, -0.1) is 0 Å². The number of rotatable bonds is 3. The van der Waals surface area contributed by atoms with Crippen molar-refractivity contribution in [2.75, 3.05) is 36.5 Å². The molecule has 3 aromatic rings. The van der Waals surface area contributed by atoms with Crippen molar-refractivity contribution in [3.63, 3.8) is 0 Å². The van der Waals surface area contributed by atoms with Crippen LogP contribution in [0.15, 0.2) is 54.7 Å². The number of nitrogens with one attached hydrogen (secondary N) is 1. The Morgan fingerprint density at radius 1 is 1.09 bits per heavy atom. The van der Waals surface area contributed by atoms with Gasteiger partial charge in [-0.25, -0.2) is 4.98 Å². The molecular formula is C24H20Cl2N4O3. The number of carbonyl (C=O) groups is 2. The van der Waals surface area contributed by atoms with Gasteiger partial charge < -0.3 is 15.0 Å². The second kappa shape index (κ2) is 8.92. The van der Waals surface area contributed by atoms with E-state index in [-0.39, 0.29) is 25.0 Å². The summed E-state index contributed by atoms with van der Waals surface area (Å²) in [6, 6.07) is 14.9. The van der Waals surface area contributed by atoms with Crippen LogP contribution in [0.25, 0.3) is 11.1 Å². The summed E-state index contributed by atoms with van der Waals surface area (Å²) in [5.41, 5.74) is 3.59. The van der Waals surface area contributed by atoms with E-state index in [9.17, 15) is 9.59 Å². The van der Waals surface area contributed by atoms with Crippen molar-refractivity contribution in [3.05, 3.63) is 70.3 Å². The largest absolute Gasteiger partial charge is 0.480 e. The fourth-order valence-electron chi connectivity index (χ4n) is 4.01. The number of ether oxygens (including phenoxy) is 1. The third-order valence-electron chi connectivity index (χ3n) is 5.66. The SMILES string of the molecule is O=C(CN1C(=O)COc2cc(-c3cc(Cl)cc(Cl)c3)cnc21)N1CCNc2ccccc2C1. The Balaban J connectivity index is 1.38. The van der Waals surface area contributed by atoms with E-state index < -0.39 is 0 Å². The van der Waals surface area contributed by atoms with E-state index in [1.807, 2.05) is 24.3 Å². The smallest absolute Gasteiger partial charge is 0.266 e. The second-order valence-electron chi connectivity index (χ2n) is 7.87. The Bertz CT molecular complexity index is 1230. The van der Waals surface area contributed by atoms with E-state index in [2.05, 4.69) is 10.3 Å². The number of para-hydroxylation sites is 1. The molecule has 5 rings (SSSR count). The number of amides is 2. The molecule has 2 aromatic carbocycles. The van der Waals surface area contributed by atoms with Gasteiger partial charge >= 0.3 is 0 Å². The van der Waals surface area contributed by atoms with Crippen LogP contribution in [0, 0.1) is 0 Å². The Morgan fingerprint density at radius 2 is 1.88 bits per heavy atom. The molecule has 168 valence electrons. The van der Waals surface area contributed by atoms with Crippen LogP contribution >= 0.6 is 23.2 Å². The van der Waals surface area contributed by atoms with E-state index in [4.69, 9.17) is 27.9 Å². The summed E-state index contributed by atoms with van der Waals surface area (Å²) < 4.78 is 5.63. The summed E-state index contributed by atoms with van der Waals surface area (Å²) in [5.74, 6) is 0.293. The summed E-state index contributed by atoms with van der Waals surface area (Å²) in [6.45, 7) is 1.40. The number of benzene rings is 2. The van der Waals surface area contributed by atoms with Gasteiger partial charge in [-0.2, -0.15) is 0 Å². The number of nitrogens with zero attached hydrogens (tertiary/aromatic N) is 3. The van der Waals surface area contributed by atoms with Crippen molar-refractivity contribution in [2.45, 2.75) is 6.54 Å². The first-order valence-corrected chi connectivity index (χ1v) is 11.2. The van der Waals surface area contributed by atoms with E-state index in [0.717, 1.165) is 22.4 Å². The molecule has 0 unspecified atom stereocenters. The molecular weight excluding hydrogens is 463 g/mol. The van der Waals surface area contributed by atoms with Crippen LogP contribution in [0.1, 0.15) is 5.56 Å². The van der Waals surface area contributed by atoms with Crippen molar-refractivity contribution in [1.82, 2.24) is 9.88 Å². The molecule has 33 heavy (non-hydrogen) atoms. The lowest BCUT2D eigenvalue weighted by atomic mass is 10.1. The summed E-state index contributed by atoms with van der Waals surface area (Å²) in [4.78, 5) is 33.4. The Kier molecular flexibility index (Phi) is 5.83. The fourth-order valence-corrected chi connectivity index (χ4v) is 4.54. The van der Waals surface area contributed by atoms with Gasteiger partial charge in [0.1, 0.15) is 6.54 Å². The van der Waals surface area contributed by atoms with Crippen molar-refractivity contribution in [3.8, 4) is 16.9 Å². The molecule has 0 spiro atoms. The molecule has 0 saturated carbocycles. The number of anilines is 2. The molecule has 0 aliphatic carbocycles. The van der Waals surface area contributed by atoms with Gasteiger partial charge in [-0.05, 0) is 41.5 Å². The van der Waals surface area contributed by atoms with Crippen LogP contribution in [0.3, 0.4) is 0 Å². The number of carbonyl (C=O) groups excluding carboxylic acids is 2. The van der Waals surface area contributed by atoms with Gasteiger partial charge in [0.15, 0.2) is 18.2 Å². The average Bonchev–Trinajstić information content (AvgIpc) is 3.02. The maximum atomic E-state index is 13.2. The van der Waals surface area contributed by atoms with Gasteiger partial charge in [0, 0.05) is 47.1 Å². The summed E-state index contributed by atoms with van der Waals surface area (Å²) in [6.07, 6.45) is 1.62.